The first kappa shape index (κ1) is 21.0. The highest BCUT2D eigenvalue weighted by molar-refractivity contribution is 5.78. The second kappa shape index (κ2) is 10.2. The van der Waals surface area contributed by atoms with E-state index in [0.717, 1.165) is 52.1 Å². The maximum atomic E-state index is 13.1. The molecule has 1 fully saturated rings. The zero-order chi connectivity index (χ0) is 20.8. The zero-order valence-corrected chi connectivity index (χ0v) is 17.9. The van der Waals surface area contributed by atoms with Crippen molar-refractivity contribution in [3.05, 3.63) is 71.3 Å². The summed E-state index contributed by atoms with van der Waals surface area (Å²) in [6.45, 7) is 4.68. The molecule has 4 rings (SSSR count). The molecule has 0 radical (unpaired) electrons. The lowest BCUT2D eigenvalue weighted by molar-refractivity contribution is -0.131. The van der Waals surface area contributed by atoms with Crippen LogP contribution >= 0.6 is 0 Å². The van der Waals surface area contributed by atoms with Gasteiger partial charge < -0.3 is 15.0 Å². The molecule has 160 valence electrons. The van der Waals surface area contributed by atoms with Gasteiger partial charge in [-0.05, 0) is 36.0 Å². The Morgan fingerprint density at radius 1 is 1.13 bits per heavy atom. The van der Waals surface area contributed by atoms with Gasteiger partial charge in [-0.3, -0.25) is 9.69 Å². The molecule has 1 heterocycles. The number of morpholine rings is 1. The largest absolute Gasteiger partial charge is 0.379 e. The number of rotatable bonds is 7. The lowest BCUT2D eigenvalue weighted by Gasteiger charge is -2.34. The number of ether oxygens (including phenoxy) is 1. The minimum absolute atomic E-state index is 0.125. The highest BCUT2D eigenvalue weighted by atomic mass is 16.5. The fraction of sp³-hybridized carbons (Fsp3) is 0.480. The van der Waals surface area contributed by atoms with Crippen molar-refractivity contribution in [3.8, 4) is 0 Å². The molecule has 0 aromatic heterocycles. The molecular weight excluding hydrogens is 374 g/mol. The monoisotopic (exact) mass is 407 g/mol. The maximum absolute atomic E-state index is 13.1. The van der Waals surface area contributed by atoms with Gasteiger partial charge in [0, 0.05) is 32.7 Å². The molecule has 2 aromatic carbocycles. The van der Waals surface area contributed by atoms with E-state index < -0.39 is 0 Å². The van der Waals surface area contributed by atoms with Crippen LogP contribution in [0.15, 0.2) is 54.6 Å². The summed E-state index contributed by atoms with van der Waals surface area (Å²) < 4.78 is 5.49. The Morgan fingerprint density at radius 2 is 1.87 bits per heavy atom. The number of amides is 1. The van der Waals surface area contributed by atoms with Gasteiger partial charge in [-0.1, -0.05) is 54.6 Å². The van der Waals surface area contributed by atoms with Gasteiger partial charge in [0.25, 0.3) is 0 Å². The number of hydrogen-bond acceptors (Lipinski definition) is 4. The normalized spacial score (nSPS) is 20.4. The Kier molecular flexibility index (Phi) is 7.16. The topological polar surface area (TPSA) is 44.8 Å². The van der Waals surface area contributed by atoms with Gasteiger partial charge in [0.1, 0.15) is 0 Å². The lowest BCUT2D eigenvalue weighted by atomic mass is 9.87. The molecule has 2 unspecified atom stereocenters. The van der Waals surface area contributed by atoms with Gasteiger partial charge in [-0.15, -0.1) is 0 Å². The van der Waals surface area contributed by atoms with Crippen LogP contribution in [0.5, 0.6) is 0 Å². The van der Waals surface area contributed by atoms with E-state index in [-0.39, 0.29) is 18.0 Å². The number of nitrogens with zero attached hydrogens (tertiary/aromatic N) is 2. The van der Waals surface area contributed by atoms with Crippen LogP contribution in [0.1, 0.15) is 41.6 Å². The standard InChI is InChI=1S/C25H33N3O2/c1-27(24-13-7-11-20-8-5-6-12-22(20)24)25(29)18-26-23(21-9-3-2-4-10-21)19-28-14-16-30-17-15-28/h2-6,8-10,12,23-24,26H,7,11,13-19H2,1H3. The van der Waals surface area contributed by atoms with Crippen LogP contribution in [-0.4, -0.2) is 62.1 Å². The Morgan fingerprint density at radius 3 is 2.67 bits per heavy atom. The molecular formula is C25H33N3O2. The van der Waals surface area contributed by atoms with Gasteiger partial charge in [-0.2, -0.15) is 0 Å². The fourth-order valence-electron chi connectivity index (χ4n) is 4.65. The molecule has 0 saturated carbocycles. The van der Waals surface area contributed by atoms with Crippen LogP contribution in [0.25, 0.3) is 0 Å². The zero-order valence-electron chi connectivity index (χ0n) is 17.9. The van der Waals surface area contributed by atoms with Crippen LogP contribution in [0, 0.1) is 0 Å². The Hall–Kier alpha value is -2.21. The molecule has 2 aliphatic rings. The summed E-state index contributed by atoms with van der Waals surface area (Å²) in [6, 6.07) is 19.3. The highest BCUT2D eigenvalue weighted by Crippen LogP contribution is 2.33. The Labute approximate surface area is 180 Å². The Balaban J connectivity index is 1.41. The second-order valence-corrected chi connectivity index (χ2v) is 8.37. The van der Waals surface area contributed by atoms with Crippen LogP contribution < -0.4 is 5.32 Å². The van der Waals surface area contributed by atoms with Crippen molar-refractivity contribution in [2.75, 3.05) is 46.4 Å². The van der Waals surface area contributed by atoms with E-state index >= 15 is 0 Å². The van der Waals surface area contributed by atoms with Crippen LogP contribution in [0.2, 0.25) is 0 Å². The van der Waals surface area contributed by atoms with Gasteiger partial charge in [0.15, 0.2) is 0 Å². The first-order valence-corrected chi connectivity index (χ1v) is 11.1. The van der Waals surface area contributed by atoms with Crippen LogP contribution in [0.4, 0.5) is 0 Å². The minimum Gasteiger partial charge on any atom is -0.379 e. The smallest absolute Gasteiger partial charge is 0.236 e. The maximum Gasteiger partial charge on any atom is 0.236 e. The summed E-state index contributed by atoms with van der Waals surface area (Å²) in [4.78, 5) is 17.5. The third-order valence-electron chi connectivity index (χ3n) is 6.44. The van der Waals surface area contributed by atoms with Crippen molar-refractivity contribution >= 4 is 5.91 Å². The molecule has 1 aliphatic carbocycles. The number of likely N-dealkylation sites (N-methyl/N-ethyl adjacent to an activating group) is 1. The van der Waals surface area contributed by atoms with Gasteiger partial charge in [0.05, 0.1) is 25.8 Å². The summed E-state index contributed by atoms with van der Waals surface area (Å²) in [5.41, 5.74) is 3.92. The average Bonchev–Trinajstić information content (AvgIpc) is 2.82. The number of hydrogen-bond donors (Lipinski definition) is 1. The van der Waals surface area contributed by atoms with E-state index in [1.165, 1.54) is 16.7 Å². The van der Waals surface area contributed by atoms with Gasteiger partial charge in [-0.25, -0.2) is 0 Å². The number of carbonyl (C=O) groups is 1. The van der Waals surface area contributed by atoms with Crippen molar-refractivity contribution < 1.29 is 9.53 Å². The van der Waals surface area contributed by atoms with E-state index in [0.29, 0.717) is 6.54 Å². The quantitative estimate of drug-likeness (QED) is 0.766. The molecule has 5 heteroatoms. The number of nitrogens with one attached hydrogen (secondary N) is 1. The summed E-state index contributed by atoms with van der Waals surface area (Å²) >= 11 is 0. The first-order valence-electron chi connectivity index (χ1n) is 11.1. The Bertz CT molecular complexity index is 820. The highest BCUT2D eigenvalue weighted by Gasteiger charge is 2.27. The third-order valence-corrected chi connectivity index (χ3v) is 6.44. The first-order chi connectivity index (χ1) is 14.7. The predicted molar refractivity (Wildman–Crippen MR) is 119 cm³/mol. The molecule has 30 heavy (non-hydrogen) atoms. The van der Waals surface area contributed by atoms with E-state index in [1.807, 2.05) is 18.0 Å². The molecule has 0 spiro atoms. The summed E-state index contributed by atoms with van der Waals surface area (Å²) in [7, 11) is 1.95. The molecule has 1 N–H and O–H groups in total. The van der Waals surface area contributed by atoms with Crippen molar-refractivity contribution in [2.24, 2.45) is 0 Å². The number of benzene rings is 2. The van der Waals surface area contributed by atoms with Crippen molar-refractivity contribution in [1.29, 1.82) is 0 Å². The molecule has 2 atom stereocenters. The lowest BCUT2D eigenvalue weighted by Crippen LogP contribution is -2.45. The van der Waals surface area contributed by atoms with Crippen LogP contribution in [0.3, 0.4) is 0 Å². The van der Waals surface area contributed by atoms with E-state index in [4.69, 9.17) is 4.74 Å². The molecule has 2 aromatic rings. The van der Waals surface area contributed by atoms with Crippen molar-refractivity contribution in [2.45, 2.75) is 31.3 Å². The SMILES string of the molecule is CN(C(=O)CNC(CN1CCOCC1)c1ccccc1)C1CCCc2ccccc21. The molecule has 0 bridgehead atoms. The molecule has 5 nitrogen and oxygen atoms in total. The summed E-state index contributed by atoms with van der Waals surface area (Å²) in [6.07, 6.45) is 3.29. The molecule has 1 saturated heterocycles. The molecule has 1 amide bonds. The van der Waals surface area contributed by atoms with Gasteiger partial charge in [0.2, 0.25) is 5.91 Å². The number of aryl methyl sites for hydroxylation is 1. The number of carbonyl (C=O) groups excluding carboxylic acids is 1. The average molecular weight is 408 g/mol. The van der Waals surface area contributed by atoms with E-state index in [1.54, 1.807) is 0 Å². The van der Waals surface area contributed by atoms with Crippen LogP contribution in [-0.2, 0) is 16.0 Å². The van der Waals surface area contributed by atoms with Crippen molar-refractivity contribution in [3.63, 3.8) is 0 Å². The number of fused-ring (bicyclic) bond motifs is 1. The third kappa shape index (κ3) is 5.09. The summed E-state index contributed by atoms with van der Waals surface area (Å²) in [5, 5.41) is 3.55. The molecule has 1 aliphatic heterocycles. The minimum atomic E-state index is 0.125. The second-order valence-electron chi connectivity index (χ2n) is 8.37. The van der Waals surface area contributed by atoms with E-state index in [9.17, 15) is 4.79 Å². The fourth-order valence-corrected chi connectivity index (χ4v) is 4.65. The summed E-state index contributed by atoms with van der Waals surface area (Å²) in [5.74, 6) is 0.152. The van der Waals surface area contributed by atoms with Gasteiger partial charge >= 0.3 is 0 Å². The van der Waals surface area contributed by atoms with E-state index in [2.05, 4.69) is 58.7 Å². The predicted octanol–water partition coefficient (Wildman–Crippen LogP) is 3.19. The van der Waals surface area contributed by atoms with Crippen molar-refractivity contribution in [1.82, 2.24) is 15.1 Å².